The third-order valence-corrected chi connectivity index (χ3v) is 6.75. The molecule has 5 N–H and O–H groups in total. The summed E-state index contributed by atoms with van der Waals surface area (Å²) in [6.07, 6.45) is 2.08. The highest BCUT2D eigenvalue weighted by atomic mass is 32.1. The number of rotatable bonds is 4. The first-order valence-electron chi connectivity index (χ1n) is 9.78. The molecule has 0 bridgehead atoms. The molecule has 0 saturated carbocycles. The lowest BCUT2D eigenvalue weighted by Gasteiger charge is -2.25. The highest BCUT2D eigenvalue weighted by molar-refractivity contribution is 7.80. The molecular weight excluding hydrogens is 450 g/mol. The van der Waals surface area contributed by atoms with Gasteiger partial charge in [0.25, 0.3) is 5.91 Å². The Labute approximate surface area is 192 Å². The first-order chi connectivity index (χ1) is 15.2. The molecule has 2 amide bonds. The number of thiophene rings is 1. The van der Waals surface area contributed by atoms with Gasteiger partial charge in [0.05, 0.1) is 30.0 Å². The van der Waals surface area contributed by atoms with Crippen LogP contribution in [0.25, 0.3) is 11.0 Å². The molecule has 0 radical (unpaired) electrons. The Balaban J connectivity index is 1.98. The molecule has 4 rings (SSSR count). The van der Waals surface area contributed by atoms with E-state index in [9.17, 15) is 14.7 Å². The zero-order chi connectivity index (χ0) is 23.2. The van der Waals surface area contributed by atoms with Crippen molar-refractivity contribution in [2.45, 2.75) is 33.4 Å². The molecule has 1 aliphatic heterocycles. The van der Waals surface area contributed by atoms with Gasteiger partial charge in [0.2, 0.25) is 11.5 Å². The van der Waals surface area contributed by atoms with Crippen molar-refractivity contribution >= 4 is 56.3 Å². The van der Waals surface area contributed by atoms with Crippen molar-refractivity contribution in [1.82, 2.24) is 9.88 Å². The van der Waals surface area contributed by atoms with Crippen LogP contribution in [0.15, 0.2) is 21.7 Å². The van der Waals surface area contributed by atoms with Gasteiger partial charge >= 0.3 is 0 Å². The van der Waals surface area contributed by atoms with Crippen molar-refractivity contribution in [3.05, 3.63) is 50.6 Å². The highest BCUT2D eigenvalue weighted by Crippen LogP contribution is 2.38. The predicted molar refractivity (Wildman–Crippen MR) is 123 cm³/mol. The van der Waals surface area contributed by atoms with Crippen molar-refractivity contribution in [3.8, 4) is 0 Å². The summed E-state index contributed by atoms with van der Waals surface area (Å²) in [7, 11) is 0. The largest absolute Gasteiger partial charge is 0.436 e. The quantitative estimate of drug-likeness (QED) is 0.489. The van der Waals surface area contributed by atoms with Crippen LogP contribution in [-0.4, -0.2) is 38.3 Å². The fraction of sp³-hybridized carbons (Fsp3) is 0.286. The summed E-state index contributed by atoms with van der Waals surface area (Å²) in [6.45, 7) is 3.95. The summed E-state index contributed by atoms with van der Waals surface area (Å²) in [5, 5.41) is 10.7. The number of hydrogen-bond donors (Lipinski definition) is 3. The standard InChI is InChI=1S/C21H21N5O4S2/c1-9-17-13(11(8-27)6-24-9)5-14(19(23)31)20(30-17)25-21-16(18(22)29)12-3-4-26(10(2)28)7-15(12)32-21/h5-6,27H,3-4,7-8H2,1-2H3,(H2,22,29)(H2,23,31). The van der Waals surface area contributed by atoms with Crippen LogP contribution in [0.1, 0.15) is 44.5 Å². The molecular formula is C21H21N5O4S2. The average molecular weight is 472 g/mol. The Kier molecular flexibility index (Phi) is 5.80. The zero-order valence-electron chi connectivity index (χ0n) is 17.5. The first kappa shape index (κ1) is 22.1. The topological polar surface area (TPSA) is 148 Å². The predicted octanol–water partition coefficient (Wildman–Crippen LogP) is 1.56. The summed E-state index contributed by atoms with van der Waals surface area (Å²) in [4.78, 5) is 35.6. The maximum absolute atomic E-state index is 12.3. The van der Waals surface area contributed by atoms with Gasteiger partial charge in [-0.15, -0.1) is 11.3 Å². The molecule has 4 heterocycles. The van der Waals surface area contributed by atoms with E-state index in [1.54, 1.807) is 24.1 Å². The van der Waals surface area contributed by atoms with E-state index in [1.807, 2.05) is 0 Å². The van der Waals surface area contributed by atoms with E-state index >= 15 is 0 Å². The number of aromatic nitrogens is 1. The number of thiocarbonyl (C=S) groups is 1. The molecule has 32 heavy (non-hydrogen) atoms. The van der Waals surface area contributed by atoms with E-state index in [4.69, 9.17) is 28.1 Å². The Bertz CT molecular complexity index is 1360. The second-order valence-electron chi connectivity index (χ2n) is 7.45. The first-order valence-corrected chi connectivity index (χ1v) is 11.0. The Morgan fingerprint density at radius 3 is 2.78 bits per heavy atom. The van der Waals surface area contributed by atoms with Gasteiger partial charge < -0.3 is 25.9 Å². The van der Waals surface area contributed by atoms with Gasteiger partial charge in [-0.3, -0.25) is 14.6 Å². The number of pyridine rings is 1. The summed E-state index contributed by atoms with van der Waals surface area (Å²) < 4.78 is 6.04. The van der Waals surface area contributed by atoms with E-state index < -0.39 is 5.91 Å². The number of carbonyl (C=O) groups excluding carboxylic acids is 2. The lowest BCUT2D eigenvalue weighted by molar-refractivity contribution is -0.129. The molecule has 0 atom stereocenters. The molecule has 9 nitrogen and oxygen atoms in total. The van der Waals surface area contributed by atoms with Gasteiger partial charge in [0, 0.05) is 35.5 Å². The van der Waals surface area contributed by atoms with Gasteiger partial charge in [-0.1, -0.05) is 12.2 Å². The number of nitrogens with two attached hydrogens (primary N) is 2. The number of hydrogen-bond acceptors (Lipinski definition) is 8. The number of aliphatic hydroxyl groups excluding tert-OH is 1. The zero-order valence-corrected chi connectivity index (χ0v) is 19.1. The molecule has 0 saturated heterocycles. The van der Waals surface area contributed by atoms with Crippen molar-refractivity contribution in [1.29, 1.82) is 0 Å². The summed E-state index contributed by atoms with van der Waals surface area (Å²) in [5.41, 5.74) is 14.8. The minimum Gasteiger partial charge on any atom is -0.436 e. The summed E-state index contributed by atoms with van der Waals surface area (Å²) in [5.74, 6) is -0.637. The van der Waals surface area contributed by atoms with Crippen LogP contribution in [0.4, 0.5) is 5.00 Å². The lowest BCUT2D eigenvalue weighted by atomic mass is 10.0. The molecule has 0 unspecified atom stereocenters. The maximum atomic E-state index is 12.3. The van der Waals surface area contributed by atoms with Crippen molar-refractivity contribution in [3.63, 3.8) is 0 Å². The van der Waals surface area contributed by atoms with Crippen molar-refractivity contribution in [2.75, 3.05) is 6.54 Å². The van der Waals surface area contributed by atoms with Gasteiger partial charge in [-0.05, 0) is 25.0 Å². The molecule has 3 aromatic rings. The number of nitrogens with zero attached hydrogens (tertiary/aromatic N) is 3. The smallest absolute Gasteiger partial charge is 0.252 e. The number of amides is 2. The number of primary amides is 1. The van der Waals surface area contributed by atoms with Crippen LogP contribution < -0.4 is 17.0 Å². The molecule has 0 aromatic carbocycles. The molecule has 0 spiro atoms. The second kappa shape index (κ2) is 8.41. The van der Waals surface area contributed by atoms with Crippen molar-refractivity contribution in [2.24, 2.45) is 16.5 Å². The summed E-state index contributed by atoms with van der Waals surface area (Å²) >= 11 is 6.49. The molecule has 11 heteroatoms. The SMILES string of the molecule is CC(=O)N1CCc2c(sc(N=c3oc4c(C)ncc(CO)c4cc3C(N)=S)c2C(N)=O)C1. The fourth-order valence-electron chi connectivity index (χ4n) is 3.76. The Morgan fingerprint density at radius 1 is 1.41 bits per heavy atom. The van der Waals surface area contributed by atoms with Crippen LogP contribution in [-0.2, 0) is 24.4 Å². The lowest BCUT2D eigenvalue weighted by Crippen LogP contribution is -2.34. The van der Waals surface area contributed by atoms with E-state index in [1.165, 1.54) is 18.3 Å². The Hall–Kier alpha value is -3.15. The van der Waals surface area contributed by atoms with E-state index in [0.29, 0.717) is 57.9 Å². The van der Waals surface area contributed by atoms with Crippen LogP contribution in [0.5, 0.6) is 0 Å². The number of aliphatic hydroxyl groups is 1. The number of aryl methyl sites for hydroxylation is 1. The minimum atomic E-state index is -0.601. The minimum absolute atomic E-state index is 0.0360. The van der Waals surface area contributed by atoms with Gasteiger partial charge in [0.1, 0.15) is 9.99 Å². The monoisotopic (exact) mass is 471 g/mol. The van der Waals surface area contributed by atoms with Crippen LogP contribution >= 0.6 is 23.6 Å². The third kappa shape index (κ3) is 3.78. The van der Waals surface area contributed by atoms with Gasteiger partial charge in [-0.2, -0.15) is 0 Å². The van der Waals surface area contributed by atoms with E-state index in [2.05, 4.69) is 9.98 Å². The van der Waals surface area contributed by atoms with Gasteiger partial charge in [-0.25, -0.2) is 4.99 Å². The molecule has 3 aromatic heterocycles. The Morgan fingerprint density at radius 2 is 2.16 bits per heavy atom. The second-order valence-corrected chi connectivity index (χ2v) is 8.97. The average Bonchev–Trinajstić information content (AvgIpc) is 3.11. The van der Waals surface area contributed by atoms with Crippen LogP contribution in [0.2, 0.25) is 0 Å². The molecule has 0 fully saturated rings. The van der Waals surface area contributed by atoms with Crippen LogP contribution in [0, 0.1) is 6.92 Å². The van der Waals surface area contributed by atoms with Crippen molar-refractivity contribution < 1.29 is 19.1 Å². The van der Waals surface area contributed by atoms with Gasteiger partial charge in [0.15, 0.2) is 5.58 Å². The maximum Gasteiger partial charge on any atom is 0.252 e. The third-order valence-electron chi connectivity index (χ3n) is 5.42. The molecule has 0 aliphatic carbocycles. The molecule has 166 valence electrons. The number of fused-ring (bicyclic) bond motifs is 2. The highest BCUT2D eigenvalue weighted by Gasteiger charge is 2.28. The number of carbonyl (C=O) groups is 2. The normalized spacial score (nSPS) is 14.0. The summed E-state index contributed by atoms with van der Waals surface area (Å²) in [6, 6.07) is 1.70. The van der Waals surface area contributed by atoms with E-state index in [-0.39, 0.29) is 23.1 Å². The van der Waals surface area contributed by atoms with Crippen LogP contribution in [0.3, 0.4) is 0 Å². The fourth-order valence-corrected chi connectivity index (χ4v) is 5.14. The van der Waals surface area contributed by atoms with E-state index in [0.717, 1.165) is 10.4 Å². The molecule has 1 aliphatic rings.